The summed E-state index contributed by atoms with van der Waals surface area (Å²) in [5.41, 5.74) is 0. The van der Waals surface area contributed by atoms with Crippen molar-refractivity contribution in [3.05, 3.63) is 0 Å². The van der Waals surface area contributed by atoms with Gasteiger partial charge in [-0.1, -0.05) is 26.7 Å². The molecule has 0 saturated heterocycles. The van der Waals surface area contributed by atoms with E-state index in [0.717, 1.165) is 25.9 Å². The Labute approximate surface area is 82.3 Å². The quantitative estimate of drug-likeness (QED) is 0.623. The Bertz CT molecular complexity index is 141. The van der Waals surface area contributed by atoms with Crippen LogP contribution in [-0.2, 0) is 4.79 Å². The fourth-order valence-electron chi connectivity index (χ4n) is 1.48. The van der Waals surface area contributed by atoms with Gasteiger partial charge < -0.3 is 4.90 Å². The average Bonchev–Trinajstić information content (AvgIpc) is 2.15. The Morgan fingerprint density at radius 3 is 2.15 bits per heavy atom. The van der Waals surface area contributed by atoms with Gasteiger partial charge in [0, 0.05) is 19.0 Å². The first-order valence-corrected chi connectivity index (χ1v) is 5.46. The third-order valence-electron chi connectivity index (χ3n) is 2.49. The van der Waals surface area contributed by atoms with Crippen molar-refractivity contribution in [1.29, 1.82) is 0 Å². The van der Waals surface area contributed by atoms with Crippen molar-refractivity contribution < 1.29 is 4.79 Å². The lowest BCUT2D eigenvalue weighted by atomic mass is 10.0. The van der Waals surface area contributed by atoms with Crippen molar-refractivity contribution in [2.75, 3.05) is 13.1 Å². The average molecular weight is 185 g/mol. The normalized spacial score (nSPS) is 12.6. The van der Waals surface area contributed by atoms with Crippen molar-refractivity contribution in [2.24, 2.45) is 5.92 Å². The molecule has 13 heavy (non-hydrogen) atoms. The van der Waals surface area contributed by atoms with Crippen LogP contribution < -0.4 is 0 Å². The highest BCUT2D eigenvalue weighted by Gasteiger charge is 2.16. The van der Waals surface area contributed by atoms with E-state index in [-0.39, 0.29) is 5.92 Å². The third-order valence-corrected chi connectivity index (χ3v) is 2.49. The van der Waals surface area contributed by atoms with Crippen LogP contribution in [0.1, 0.15) is 47.0 Å². The molecule has 0 spiro atoms. The second kappa shape index (κ2) is 6.93. The lowest BCUT2D eigenvalue weighted by Gasteiger charge is -2.22. The van der Waals surface area contributed by atoms with Gasteiger partial charge in [0.25, 0.3) is 0 Å². The van der Waals surface area contributed by atoms with Gasteiger partial charge in [-0.3, -0.25) is 4.79 Å². The molecule has 0 aliphatic heterocycles. The minimum Gasteiger partial charge on any atom is -0.343 e. The van der Waals surface area contributed by atoms with Crippen LogP contribution in [0.15, 0.2) is 0 Å². The summed E-state index contributed by atoms with van der Waals surface area (Å²) < 4.78 is 0. The lowest BCUT2D eigenvalue weighted by Crippen LogP contribution is -2.34. The van der Waals surface area contributed by atoms with Crippen molar-refractivity contribution in [1.82, 2.24) is 4.90 Å². The Balaban J connectivity index is 3.92. The molecule has 2 nitrogen and oxygen atoms in total. The molecule has 0 aromatic heterocycles. The number of nitrogens with zero attached hydrogens (tertiary/aromatic N) is 1. The number of carbonyl (C=O) groups is 1. The topological polar surface area (TPSA) is 20.3 Å². The van der Waals surface area contributed by atoms with Gasteiger partial charge in [-0.15, -0.1) is 0 Å². The van der Waals surface area contributed by atoms with Crippen LogP contribution in [0, 0.1) is 5.92 Å². The van der Waals surface area contributed by atoms with E-state index in [2.05, 4.69) is 6.92 Å². The minimum absolute atomic E-state index is 0.208. The zero-order valence-corrected chi connectivity index (χ0v) is 9.47. The van der Waals surface area contributed by atoms with Crippen LogP contribution >= 0.6 is 0 Å². The molecule has 0 N–H and O–H groups in total. The fourth-order valence-corrected chi connectivity index (χ4v) is 1.48. The zero-order chi connectivity index (χ0) is 10.3. The minimum atomic E-state index is 0.208. The first kappa shape index (κ1) is 12.5. The molecule has 0 radical (unpaired) electrons. The molecule has 2 heteroatoms. The van der Waals surface area contributed by atoms with Crippen molar-refractivity contribution in [3.63, 3.8) is 0 Å². The largest absolute Gasteiger partial charge is 0.343 e. The number of hydrogen-bond donors (Lipinski definition) is 0. The molecule has 1 unspecified atom stereocenters. The van der Waals surface area contributed by atoms with Gasteiger partial charge in [-0.2, -0.15) is 0 Å². The predicted molar refractivity (Wildman–Crippen MR) is 56.6 cm³/mol. The molecule has 0 bridgehead atoms. The van der Waals surface area contributed by atoms with E-state index in [1.54, 1.807) is 0 Å². The van der Waals surface area contributed by atoms with E-state index in [1.807, 2.05) is 25.7 Å². The Morgan fingerprint density at radius 2 is 1.77 bits per heavy atom. The Morgan fingerprint density at radius 1 is 1.23 bits per heavy atom. The van der Waals surface area contributed by atoms with Gasteiger partial charge in [0.05, 0.1) is 0 Å². The highest BCUT2D eigenvalue weighted by molar-refractivity contribution is 5.78. The van der Waals surface area contributed by atoms with E-state index in [0.29, 0.717) is 5.91 Å². The lowest BCUT2D eigenvalue weighted by molar-refractivity contribution is -0.134. The monoisotopic (exact) mass is 185 g/mol. The molecule has 0 fully saturated rings. The molecule has 1 atom stereocenters. The molecule has 1 amide bonds. The third kappa shape index (κ3) is 4.30. The number of unbranched alkanes of at least 4 members (excludes halogenated alkanes) is 1. The summed E-state index contributed by atoms with van der Waals surface area (Å²) >= 11 is 0. The smallest absolute Gasteiger partial charge is 0.225 e. The molecule has 0 aromatic rings. The van der Waals surface area contributed by atoms with Gasteiger partial charge in [0.1, 0.15) is 0 Å². The fraction of sp³-hybridized carbons (Fsp3) is 0.909. The standard InChI is InChI=1S/C11H23NO/c1-5-8-9-10(4)11(13)12(6-2)7-3/h10H,5-9H2,1-4H3. The molecule has 0 heterocycles. The summed E-state index contributed by atoms with van der Waals surface area (Å²) in [6, 6.07) is 0. The van der Waals surface area contributed by atoms with E-state index < -0.39 is 0 Å². The van der Waals surface area contributed by atoms with E-state index in [4.69, 9.17) is 0 Å². The van der Waals surface area contributed by atoms with Crippen LogP contribution in [0.25, 0.3) is 0 Å². The molecule has 0 aliphatic carbocycles. The molecule has 78 valence electrons. The maximum Gasteiger partial charge on any atom is 0.225 e. The highest BCUT2D eigenvalue weighted by Crippen LogP contribution is 2.10. The van der Waals surface area contributed by atoms with Crippen LogP contribution in [0.2, 0.25) is 0 Å². The number of hydrogen-bond acceptors (Lipinski definition) is 1. The van der Waals surface area contributed by atoms with E-state index in [1.165, 1.54) is 6.42 Å². The summed E-state index contributed by atoms with van der Waals surface area (Å²) in [7, 11) is 0. The number of carbonyl (C=O) groups excluding carboxylic acids is 1. The summed E-state index contributed by atoms with van der Waals surface area (Å²) in [6.07, 6.45) is 3.37. The second-order valence-electron chi connectivity index (χ2n) is 3.55. The summed E-state index contributed by atoms with van der Waals surface area (Å²) in [4.78, 5) is 13.7. The number of amides is 1. The first-order valence-electron chi connectivity index (χ1n) is 5.46. The van der Waals surface area contributed by atoms with Gasteiger partial charge in [0.15, 0.2) is 0 Å². The summed E-state index contributed by atoms with van der Waals surface area (Å²) in [5.74, 6) is 0.526. The second-order valence-corrected chi connectivity index (χ2v) is 3.55. The Hall–Kier alpha value is -0.530. The molecule has 0 rings (SSSR count). The van der Waals surface area contributed by atoms with Gasteiger partial charge >= 0.3 is 0 Å². The maximum atomic E-state index is 11.7. The summed E-state index contributed by atoms with van der Waals surface area (Å²) in [6.45, 7) is 9.95. The van der Waals surface area contributed by atoms with Crippen molar-refractivity contribution in [2.45, 2.75) is 47.0 Å². The van der Waals surface area contributed by atoms with Crippen LogP contribution in [-0.4, -0.2) is 23.9 Å². The first-order chi connectivity index (χ1) is 6.17. The molecule has 0 aromatic carbocycles. The summed E-state index contributed by atoms with van der Waals surface area (Å²) in [5, 5.41) is 0. The molecular formula is C11H23NO. The van der Waals surface area contributed by atoms with Gasteiger partial charge in [-0.25, -0.2) is 0 Å². The Kier molecular flexibility index (Phi) is 6.65. The van der Waals surface area contributed by atoms with E-state index >= 15 is 0 Å². The molecule has 0 aliphatic rings. The van der Waals surface area contributed by atoms with Crippen LogP contribution in [0.5, 0.6) is 0 Å². The molecular weight excluding hydrogens is 162 g/mol. The van der Waals surface area contributed by atoms with Gasteiger partial charge in [-0.05, 0) is 20.3 Å². The van der Waals surface area contributed by atoms with Crippen LogP contribution in [0.4, 0.5) is 0 Å². The van der Waals surface area contributed by atoms with Gasteiger partial charge in [0.2, 0.25) is 5.91 Å². The zero-order valence-electron chi connectivity index (χ0n) is 9.47. The predicted octanol–water partition coefficient (Wildman–Crippen LogP) is 2.68. The molecule has 0 saturated carbocycles. The van der Waals surface area contributed by atoms with Crippen molar-refractivity contribution >= 4 is 5.91 Å². The highest BCUT2D eigenvalue weighted by atomic mass is 16.2. The van der Waals surface area contributed by atoms with Crippen molar-refractivity contribution in [3.8, 4) is 0 Å². The van der Waals surface area contributed by atoms with Crippen LogP contribution in [0.3, 0.4) is 0 Å². The number of rotatable bonds is 6. The van der Waals surface area contributed by atoms with E-state index in [9.17, 15) is 4.79 Å². The SMILES string of the molecule is CCCCC(C)C(=O)N(CC)CC. The maximum absolute atomic E-state index is 11.7.